The molecule has 4 aromatic rings. The number of carbonyl (C=O) groups is 1. The van der Waals surface area contributed by atoms with Crippen LogP contribution < -0.4 is 15.4 Å². The molecule has 9 heteroatoms. The molecule has 0 aliphatic rings. The van der Waals surface area contributed by atoms with Gasteiger partial charge in [0, 0.05) is 28.9 Å². The second-order valence-corrected chi connectivity index (χ2v) is 7.90. The van der Waals surface area contributed by atoms with Gasteiger partial charge in [-0.2, -0.15) is 0 Å². The number of aromatic nitrogens is 3. The molecule has 2 aromatic carbocycles. The summed E-state index contributed by atoms with van der Waals surface area (Å²) < 4.78 is 11.3. The summed E-state index contributed by atoms with van der Waals surface area (Å²) in [6.45, 7) is 3.08. The van der Waals surface area contributed by atoms with E-state index in [1.54, 1.807) is 12.4 Å². The van der Waals surface area contributed by atoms with E-state index in [9.17, 15) is 4.79 Å². The van der Waals surface area contributed by atoms with Crippen molar-refractivity contribution in [3.05, 3.63) is 60.6 Å². The van der Waals surface area contributed by atoms with Crippen molar-refractivity contribution in [1.82, 2.24) is 25.2 Å². The topological polar surface area (TPSA) is 105 Å². The largest absolute Gasteiger partial charge is 0.492 e. The second-order valence-electron chi connectivity index (χ2n) is 7.90. The fraction of sp³-hybridized carbons (Fsp3) is 0.250. The van der Waals surface area contributed by atoms with Gasteiger partial charge in [0.15, 0.2) is 0 Å². The lowest BCUT2D eigenvalue weighted by Gasteiger charge is -2.13. The Hall–Kier alpha value is -3.98. The van der Waals surface area contributed by atoms with Crippen molar-refractivity contribution in [2.75, 3.05) is 39.1 Å². The zero-order valence-corrected chi connectivity index (χ0v) is 18.8. The Morgan fingerprint density at radius 2 is 2.03 bits per heavy atom. The number of carbonyl (C=O) groups excluding carboxylic acids is 1. The molecular formula is C24H26N6O3. The van der Waals surface area contributed by atoms with E-state index in [4.69, 9.17) is 9.15 Å². The molecule has 170 valence electrons. The van der Waals surface area contributed by atoms with Gasteiger partial charge in [0.05, 0.1) is 24.8 Å². The van der Waals surface area contributed by atoms with Gasteiger partial charge in [0.25, 0.3) is 0 Å². The first-order valence-corrected chi connectivity index (χ1v) is 10.6. The van der Waals surface area contributed by atoms with Crippen molar-refractivity contribution in [3.63, 3.8) is 0 Å². The molecule has 0 spiro atoms. The number of likely N-dealkylation sites (N-methyl/N-ethyl adjacent to an activating group) is 1. The number of ether oxygens (including phenoxy) is 1. The van der Waals surface area contributed by atoms with E-state index in [0.717, 1.165) is 27.7 Å². The van der Waals surface area contributed by atoms with Gasteiger partial charge in [0.1, 0.15) is 18.6 Å². The molecule has 4 rings (SSSR count). The number of aryl methyl sites for hydroxylation is 1. The number of rotatable bonds is 9. The van der Waals surface area contributed by atoms with Crippen LogP contribution in [0.2, 0.25) is 0 Å². The van der Waals surface area contributed by atoms with Crippen LogP contribution >= 0.6 is 0 Å². The molecule has 0 saturated heterocycles. The maximum atomic E-state index is 11.8. The van der Waals surface area contributed by atoms with Crippen LogP contribution in [0.25, 0.3) is 22.4 Å². The number of fused-ring (bicyclic) bond motifs is 1. The van der Waals surface area contributed by atoms with Crippen molar-refractivity contribution in [3.8, 4) is 17.2 Å². The third-order valence-electron chi connectivity index (χ3n) is 4.73. The highest BCUT2D eigenvalue weighted by Gasteiger charge is 2.10. The zero-order chi connectivity index (χ0) is 23.2. The Balaban J connectivity index is 1.50. The van der Waals surface area contributed by atoms with Crippen LogP contribution in [-0.2, 0) is 4.79 Å². The van der Waals surface area contributed by atoms with Gasteiger partial charge in [-0.1, -0.05) is 11.6 Å². The molecule has 0 fully saturated rings. The van der Waals surface area contributed by atoms with E-state index in [0.29, 0.717) is 37.3 Å². The molecular weight excluding hydrogens is 420 g/mol. The van der Waals surface area contributed by atoms with Gasteiger partial charge in [-0.3, -0.25) is 4.79 Å². The highest BCUT2D eigenvalue weighted by atomic mass is 16.5. The zero-order valence-electron chi connectivity index (χ0n) is 18.8. The van der Waals surface area contributed by atoms with E-state index >= 15 is 0 Å². The van der Waals surface area contributed by atoms with Gasteiger partial charge in [-0.25, -0.2) is 15.0 Å². The highest BCUT2D eigenvalue weighted by Crippen LogP contribution is 2.29. The van der Waals surface area contributed by atoms with Crippen LogP contribution in [0.15, 0.2) is 59.5 Å². The van der Waals surface area contributed by atoms with E-state index in [-0.39, 0.29) is 5.91 Å². The van der Waals surface area contributed by atoms with Crippen molar-refractivity contribution in [1.29, 1.82) is 0 Å². The predicted molar refractivity (Wildman–Crippen MR) is 127 cm³/mol. The summed E-state index contributed by atoms with van der Waals surface area (Å²) >= 11 is 0. The summed E-state index contributed by atoms with van der Waals surface area (Å²) in [4.78, 5) is 26.9. The fourth-order valence-electron chi connectivity index (χ4n) is 3.29. The molecule has 2 heterocycles. The molecule has 0 saturated carbocycles. The number of nitrogens with one attached hydrogen (secondary N) is 2. The average molecular weight is 447 g/mol. The minimum Gasteiger partial charge on any atom is -0.492 e. The molecule has 0 radical (unpaired) electrons. The van der Waals surface area contributed by atoms with Crippen molar-refractivity contribution < 1.29 is 13.9 Å². The number of amides is 1. The third-order valence-corrected chi connectivity index (χ3v) is 4.73. The quantitative estimate of drug-likeness (QED) is 0.377. The summed E-state index contributed by atoms with van der Waals surface area (Å²) in [5.74, 6) is 1.49. The Kier molecular flexibility index (Phi) is 6.80. The highest BCUT2D eigenvalue weighted by molar-refractivity contribution is 5.80. The number of anilines is 2. The third kappa shape index (κ3) is 6.05. The molecule has 9 nitrogen and oxygen atoms in total. The van der Waals surface area contributed by atoms with Crippen molar-refractivity contribution in [2.24, 2.45) is 0 Å². The molecule has 0 bridgehead atoms. The minimum atomic E-state index is -0.0526. The summed E-state index contributed by atoms with van der Waals surface area (Å²) in [7, 11) is 3.69. The molecule has 2 N–H and O–H groups in total. The molecule has 33 heavy (non-hydrogen) atoms. The number of hydrogen-bond donors (Lipinski definition) is 2. The summed E-state index contributed by atoms with van der Waals surface area (Å²) in [6.07, 6.45) is 4.90. The lowest BCUT2D eigenvalue weighted by Crippen LogP contribution is -2.35. The van der Waals surface area contributed by atoms with Gasteiger partial charge in [0.2, 0.25) is 17.7 Å². The standard InChI is InChI=1S/C24H26N6O3/c1-16-4-5-21-18(10-16)14-27-24(29-21)28-19-11-17(23-26-7-9-33-23)12-20(13-19)32-8-6-25-22(31)15-30(2)3/h4-5,7,9-14H,6,8,15H2,1-3H3,(H,25,31)(H,27,28,29). The molecule has 0 unspecified atom stereocenters. The van der Waals surface area contributed by atoms with Crippen molar-refractivity contribution in [2.45, 2.75) is 6.92 Å². The second kappa shape index (κ2) is 10.1. The van der Waals surface area contributed by atoms with Crippen LogP contribution in [0.5, 0.6) is 5.75 Å². The first-order valence-electron chi connectivity index (χ1n) is 10.6. The summed E-state index contributed by atoms with van der Waals surface area (Å²) in [5.41, 5.74) is 3.48. The Labute approximate surface area is 191 Å². The summed E-state index contributed by atoms with van der Waals surface area (Å²) in [6, 6.07) is 11.6. The van der Waals surface area contributed by atoms with E-state index in [1.807, 2.05) is 62.3 Å². The van der Waals surface area contributed by atoms with Gasteiger partial charge in [-0.15, -0.1) is 0 Å². The number of benzene rings is 2. The molecule has 2 aromatic heterocycles. The van der Waals surface area contributed by atoms with Crippen molar-refractivity contribution >= 4 is 28.4 Å². The number of oxazole rings is 1. The van der Waals surface area contributed by atoms with Crippen LogP contribution in [0.3, 0.4) is 0 Å². The normalized spacial score (nSPS) is 11.0. The Bertz CT molecular complexity index is 1240. The smallest absolute Gasteiger partial charge is 0.234 e. The lowest BCUT2D eigenvalue weighted by molar-refractivity contribution is -0.121. The summed E-state index contributed by atoms with van der Waals surface area (Å²) in [5, 5.41) is 7.05. The van der Waals surface area contributed by atoms with Gasteiger partial charge < -0.3 is 24.7 Å². The first kappa shape index (κ1) is 22.2. The molecule has 0 aliphatic carbocycles. The maximum Gasteiger partial charge on any atom is 0.234 e. The van der Waals surface area contributed by atoms with Gasteiger partial charge in [-0.05, 0) is 45.3 Å². The van der Waals surface area contributed by atoms with E-state index < -0.39 is 0 Å². The molecule has 1 amide bonds. The Morgan fingerprint density at radius 3 is 2.82 bits per heavy atom. The lowest BCUT2D eigenvalue weighted by atomic mass is 10.1. The van der Waals surface area contributed by atoms with E-state index in [2.05, 4.69) is 25.6 Å². The maximum absolute atomic E-state index is 11.8. The number of nitrogens with zero attached hydrogens (tertiary/aromatic N) is 4. The van der Waals surface area contributed by atoms with E-state index in [1.165, 1.54) is 6.26 Å². The fourth-order valence-corrected chi connectivity index (χ4v) is 3.29. The predicted octanol–water partition coefficient (Wildman–Crippen LogP) is 3.39. The van der Waals surface area contributed by atoms with Crippen LogP contribution in [0.4, 0.5) is 11.6 Å². The monoisotopic (exact) mass is 446 g/mol. The Morgan fingerprint density at radius 1 is 1.15 bits per heavy atom. The molecule has 0 aliphatic heterocycles. The van der Waals surface area contributed by atoms with Gasteiger partial charge >= 0.3 is 0 Å². The molecule has 0 atom stereocenters. The first-order chi connectivity index (χ1) is 16.0. The SMILES string of the molecule is Cc1ccc2nc(Nc3cc(OCCNC(=O)CN(C)C)cc(-c4ncco4)c3)ncc2c1. The van der Waals surface area contributed by atoms with Crippen LogP contribution in [0.1, 0.15) is 5.56 Å². The average Bonchev–Trinajstić information content (AvgIpc) is 3.31. The number of hydrogen-bond acceptors (Lipinski definition) is 8. The van der Waals surface area contributed by atoms with Crippen LogP contribution in [-0.4, -0.2) is 59.6 Å². The van der Waals surface area contributed by atoms with Crippen LogP contribution in [0, 0.1) is 6.92 Å². The minimum absolute atomic E-state index is 0.0526.